The van der Waals surface area contributed by atoms with Crippen LogP contribution in [0.4, 0.5) is 5.69 Å². The maximum atomic E-state index is 11.1. The van der Waals surface area contributed by atoms with Gasteiger partial charge in [0.2, 0.25) is 6.79 Å². The molecule has 0 aliphatic carbocycles. The van der Waals surface area contributed by atoms with Crippen LogP contribution in [-0.4, -0.2) is 11.7 Å². The number of nitro groups is 1. The zero-order chi connectivity index (χ0) is 13.1. The lowest BCUT2D eigenvalue weighted by atomic mass is 9.99. The van der Waals surface area contributed by atoms with E-state index in [0.29, 0.717) is 17.1 Å². The van der Waals surface area contributed by atoms with Crippen LogP contribution in [0.1, 0.15) is 37.8 Å². The van der Waals surface area contributed by atoms with Crippen molar-refractivity contribution in [2.45, 2.75) is 32.2 Å². The summed E-state index contributed by atoms with van der Waals surface area (Å²) in [5, 5.41) is 11.1. The first-order valence-corrected chi connectivity index (χ1v) is 5.97. The smallest absolute Gasteiger partial charge is 0.278 e. The molecular formula is C12H16N2O4. The number of ether oxygens (including phenoxy) is 2. The lowest BCUT2D eigenvalue weighted by molar-refractivity contribution is -0.385. The van der Waals surface area contributed by atoms with Crippen LogP contribution in [0.3, 0.4) is 0 Å². The predicted octanol–water partition coefficient (Wildman–Crippen LogP) is 2.51. The highest BCUT2D eigenvalue weighted by Crippen LogP contribution is 2.40. The molecule has 2 rings (SSSR count). The van der Waals surface area contributed by atoms with Crippen molar-refractivity contribution in [1.29, 1.82) is 0 Å². The van der Waals surface area contributed by atoms with Gasteiger partial charge in [-0.15, -0.1) is 0 Å². The average molecular weight is 252 g/mol. The van der Waals surface area contributed by atoms with Gasteiger partial charge >= 0.3 is 0 Å². The topological polar surface area (TPSA) is 87.6 Å². The Hall–Kier alpha value is -1.82. The van der Waals surface area contributed by atoms with Crippen LogP contribution in [0, 0.1) is 10.1 Å². The third-order valence-corrected chi connectivity index (χ3v) is 2.99. The minimum atomic E-state index is -0.427. The van der Waals surface area contributed by atoms with Crippen molar-refractivity contribution in [3.63, 3.8) is 0 Å². The van der Waals surface area contributed by atoms with Gasteiger partial charge in [-0.05, 0) is 12.5 Å². The van der Waals surface area contributed by atoms with Crippen LogP contribution >= 0.6 is 0 Å². The molecule has 0 radical (unpaired) electrons. The largest absolute Gasteiger partial charge is 0.454 e. The SMILES string of the molecule is CCCC[C@@H](N)c1cc2c(cc1[N+](=O)[O-])OCO2. The molecule has 1 aliphatic heterocycles. The first-order valence-electron chi connectivity index (χ1n) is 5.97. The molecule has 2 N–H and O–H groups in total. The monoisotopic (exact) mass is 252 g/mol. The summed E-state index contributed by atoms with van der Waals surface area (Å²) < 4.78 is 10.4. The molecule has 1 aromatic carbocycles. The summed E-state index contributed by atoms with van der Waals surface area (Å²) in [4.78, 5) is 10.6. The zero-order valence-corrected chi connectivity index (χ0v) is 10.2. The molecule has 0 unspecified atom stereocenters. The molecule has 0 spiro atoms. The fraction of sp³-hybridized carbons (Fsp3) is 0.500. The van der Waals surface area contributed by atoms with Crippen molar-refractivity contribution in [2.24, 2.45) is 5.73 Å². The van der Waals surface area contributed by atoms with Crippen LogP contribution in [-0.2, 0) is 0 Å². The van der Waals surface area contributed by atoms with E-state index in [2.05, 4.69) is 6.92 Å². The lowest BCUT2D eigenvalue weighted by Crippen LogP contribution is -2.12. The summed E-state index contributed by atoms with van der Waals surface area (Å²) in [7, 11) is 0. The second-order valence-corrected chi connectivity index (χ2v) is 4.27. The molecule has 18 heavy (non-hydrogen) atoms. The molecule has 6 heteroatoms. The molecule has 0 bridgehead atoms. The Balaban J connectivity index is 2.35. The van der Waals surface area contributed by atoms with Crippen LogP contribution in [0.25, 0.3) is 0 Å². The zero-order valence-electron chi connectivity index (χ0n) is 10.2. The van der Waals surface area contributed by atoms with E-state index < -0.39 is 4.92 Å². The third kappa shape index (κ3) is 2.38. The number of nitro benzene ring substituents is 1. The summed E-state index contributed by atoms with van der Waals surface area (Å²) >= 11 is 0. The lowest BCUT2D eigenvalue weighted by Gasteiger charge is -2.12. The quantitative estimate of drug-likeness (QED) is 0.642. The van der Waals surface area contributed by atoms with Crippen LogP contribution in [0.2, 0.25) is 0 Å². The first-order chi connectivity index (χ1) is 8.63. The van der Waals surface area contributed by atoms with Gasteiger partial charge in [-0.25, -0.2) is 0 Å². The van der Waals surface area contributed by atoms with Gasteiger partial charge in [-0.1, -0.05) is 19.8 Å². The molecule has 0 fully saturated rings. The summed E-state index contributed by atoms with van der Waals surface area (Å²) in [5.41, 5.74) is 6.53. The van der Waals surface area contributed by atoms with Crippen molar-refractivity contribution >= 4 is 5.69 Å². The highest BCUT2D eigenvalue weighted by Gasteiger charge is 2.26. The second-order valence-electron chi connectivity index (χ2n) is 4.27. The van der Waals surface area contributed by atoms with Gasteiger partial charge in [0.15, 0.2) is 11.5 Å². The van der Waals surface area contributed by atoms with Gasteiger partial charge in [0.25, 0.3) is 5.69 Å². The average Bonchev–Trinajstić information content (AvgIpc) is 2.81. The van der Waals surface area contributed by atoms with E-state index >= 15 is 0 Å². The fourth-order valence-electron chi connectivity index (χ4n) is 1.98. The highest BCUT2D eigenvalue weighted by atomic mass is 16.7. The standard InChI is InChI=1S/C12H16N2O4/c1-2-3-4-9(13)8-5-11-12(18-7-17-11)6-10(8)14(15)16/h5-6,9H,2-4,7,13H2,1H3/t9-/m1/s1. The van der Waals surface area contributed by atoms with Crippen molar-refractivity contribution in [2.75, 3.05) is 6.79 Å². The van der Waals surface area contributed by atoms with Crippen LogP contribution in [0.15, 0.2) is 12.1 Å². The van der Waals surface area contributed by atoms with Gasteiger partial charge in [-0.2, -0.15) is 0 Å². The van der Waals surface area contributed by atoms with Gasteiger partial charge in [0.1, 0.15) is 0 Å². The van der Waals surface area contributed by atoms with E-state index in [4.69, 9.17) is 15.2 Å². The van der Waals surface area contributed by atoms with E-state index in [-0.39, 0.29) is 18.5 Å². The van der Waals surface area contributed by atoms with Gasteiger partial charge in [-0.3, -0.25) is 10.1 Å². The Morgan fingerprint density at radius 1 is 1.44 bits per heavy atom. The Morgan fingerprint density at radius 2 is 2.11 bits per heavy atom. The molecule has 1 atom stereocenters. The van der Waals surface area contributed by atoms with Crippen LogP contribution in [0.5, 0.6) is 11.5 Å². The maximum absolute atomic E-state index is 11.1. The van der Waals surface area contributed by atoms with E-state index in [0.717, 1.165) is 19.3 Å². The molecule has 1 aliphatic rings. The number of hydrogen-bond donors (Lipinski definition) is 1. The third-order valence-electron chi connectivity index (χ3n) is 2.99. The molecule has 1 heterocycles. The van der Waals surface area contributed by atoms with Gasteiger partial charge in [0, 0.05) is 6.04 Å². The summed E-state index contributed by atoms with van der Waals surface area (Å²) in [6, 6.07) is 2.67. The molecule has 1 aromatic rings. The molecule has 6 nitrogen and oxygen atoms in total. The van der Waals surface area contributed by atoms with Gasteiger partial charge in [0.05, 0.1) is 16.6 Å². The second kappa shape index (κ2) is 5.22. The van der Waals surface area contributed by atoms with E-state index in [1.54, 1.807) is 6.07 Å². The number of fused-ring (bicyclic) bond motifs is 1. The molecule has 0 saturated carbocycles. The fourth-order valence-corrected chi connectivity index (χ4v) is 1.98. The Labute approximate surface area is 105 Å². The Kier molecular flexibility index (Phi) is 3.66. The summed E-state index contributed by atoms with van der Waals surface area (Å²) in [5.74, 6) is 0.940. The minimum Gasteiger partial charge on any atom is -0.454 e. The van der Waals surface area contributed by atoms with Crippen molar-refractivity contribution in [3.05, 3.63) is 27.8 Å². The van der Waals surface area contributed by atoms with E-state index in [9.17, 15) is 10.1 Å². The van der Waals surface area contributed by atoms with Crippen molar-refractivity contribution in [3.8, 4) is 11.5 Å². The number of nitrogens with zero attached hydrogens (tertiary/aromatic N) is 1. The molecule has 98 valence electrons. The number of unbranched alkanes of at least 4 members (excludes halogenated alkanes) is 1. The highest BCUT2D eigenvalue weighted by molar-refractivity contribution is 5.56. The first kappa shape index (κ1) is 12.6. The Morgan fingerprint density at radius 3 is 2.72 bits per heavy atom. The molecule has 0 amide bonds. The van der Waals surface area contributed by atoms with E-state index in [1.807, 2.05) is 0 Å². The number of nitrogens with two attached hydrogens (primary N) is 1. The molecule has 0 saturated heterocycles. The number of hydrogen-bond acceptors (Lipinski definition) is 5. The molecule has 0 aromatic heterocycles. The van der Waals surface area contributed by atoms with Gasteiger partial charge < -0.3 is 15.2 Å². The summed E-state index contributed by atoms with van der Waals surface area (Å²) in [6.07, 6.45) is 2.66. The predicted molar refractivity (Wildman–Crippen MR) is 65.7 cm³/mol. The van der Waals surface area contributed by atoms with Crippen LogP contribution < -0.4 is 15.2 Å². The van der Waals surface area contributed by atoms with Crippen molar-refractivity contribution in [1.82, 2.24) is 0 Å². The Bertz CT molecular complexity index is 462. The minimum absolute atomic E-state index is 0.00264. The van der Waals surface area contributed by atoms with E-state index in [1.165, 1.54) is 6.07 Å². The number of rotatable bonds is 5. The number of benzene rings is 1. The maximum Gasteiger partial charge on any atom is 0.278 e. The molecular weight excluding hydrogens is 236 g/mol. The van der Waals surface area contributed by atoms with Crippen molar-refractivity contribution < 1.29 is 14.4 Å². The summed E-state index contributed by atoms with van der Waals surface area (Å²) in [6.45, 7) is 2.15. The normalized spacial score (nSPS) is 14.6.